The first-order chi connectivity index (χ1) is 13.8. The Hall–Kier alpha value is -1.34. The molecule has 0 radical (unpaired) electrons. The third-order valence-corrected chi connectivity index (χ3v) is 8.39. The van der Waals surface area contributed by atoms with E-state index in [1.54, 1.807) is 17.0 Å². The standard InChI is InChI=1S/C17H26F2N4O4S2/c18-15(19)12-22-5-3-13(4-6-22)21-17(24)20-11-14-1-2-16(28-14)29(25,26)23-7-9-27-10-8-23/h1-2,13,15H,3-12H2,(H2,20,21,24). The minimum atomic E-state index is -3.53. The van der Waals surface area contributed by atoms with Crippen LogP contribution in [-0.4, -0.2) is 82.1 Å². The summed E-state index contributed by atoms with van der Waals surface area (Å²) in [4.78, 5) is 14.5. The van der Waals surface area contributed by atoms with Crippen LogP contribution in [0.3, 0.4) is 0 Å². The number of nitrogens with one attached hydrogen (secondary N) is 2. The minimum absolute atomic E-state index is 0.0514. The molecule has 29 heavy (non-hydrogen) atoms. The number of morpholine rings is 1. The summed E-state index contributed by atoms with van der Waals surface area (Å²) in [5.41, 5.74) is 0. The molecule has 164 valence electrons. The second-order valence-electron chi connectivity index (χ2n) is 7.03. The lowest BCUT2D eigenvalue weighted by Crippen LogP contribution is -2.48. The van der Waals surface area contributed by atoms with Crippen LogP contribution in [0.4, 0.5) is 13.6 Å². The molecule has 3 rings (SSSR count). The second kappa shape index (κ2) is 10.1. The van der Waals surface area contributed by atoms with E-state index in [-0.39, 0.29) is 29.4 Å². The average Bonchev–Trinajstić information content (AvgIpc) is 3.18. The molecule has 8 nitrogen and oxygen atoms in total. The number of nitrogens with zero attached hydrogens (tertiary/aromatic N) is 2. The number of urea groups is 1. The minimum Gasteiger partial charge on any atom is -0.379 e. The van der Waals surface area contributed by atoms with Crippen molar-refractivity contribution in [3.63, 3.8) is 0 Å². The number of rotatable bonds is 7. The van der Waals surface area contributed by atoms with E-state index >= 15 is 0 Å². The van der Waals surface area contributed by atoms with Gasteiger partial charge in [-0.3, -0.25) is 4.90 Å². The number of carbonyl (C=O) groups is 1. The number of amides is 2. The summed E-state index contributed by atoms with van der Waals surface area (Å²) in [6.45, 7) is 2.51. The molecule has 1 aromatic heterocycles. The summed E-state index contributed by atoms with van der Waals surface area (Å²) in [6.07, 6.45) is -1.09. The van der Waals surface area contributed by atoms with Gasteiger partial charge in [-0.15, -0.1) is 11.3 Å². The van der Waals surface area contributed by atoms with E-state index in [0.29, 0.717) is 52.2 Å². The highest BCUT2D eigenvalue weighted by Crippen LogP contribution is 2.25. The Kier molecular flexibility index (Phi) is 7.79. The number of hydrogen-bond acceptors (Lipinski definition) is 6. The zero-order chi connectivity index (χ0) is 20.9. The number of thiophene rings is 1. The molecule has 0 atom stereocenters. The van der Waals surface area contributed by atoms with Gasteiger partial charge < -0.3 is 15.4 Å². The lowest BCUT2D eigenvalue weighted by atomic mass is 10.1. The lowest BCUT2D eigenvalue weighted by molar-refractivity contribution is 0.0731. The van der Waals surface area contributed by atoms with Crippen LogP contribution < -0.4 is 10.6 Å². The fraction of sp³-hybridized carbons (Fsp3) is 0.706. The Bertz CT molecular complexity index is 776. The van der Waals surface area contributed by atoms with Crippen molar-refractivity contribution < 1.29 is 26.7 Å². The molecular weight excluding hydrogens is 426 g/mol. The maximum Gasteiger partial charge on any atom is 0.315 e. The summed E-state index contributed by atoms with van der Waals surface area (Å²) in [5.74, 6) is 0. The Balaban J connectivity index is 1.43. The Morgan fingerprint density at radius 2 is 1.90 bits per heavy atom. The molecule has 1 aromatic rings. The van der Waals surface area contributed by atoms with Crippen LogP contribution in [0.2, 0.25) is 0 Å². The van der Waals surface area contributed by atoms with Crippen molar-refractivity contribution in [1.29, 1.82) is 0 Å². The summed E-state index contributed by atoms with van der Waals surface area (Å²) >= 11 is 1.14. The summed E-state index contributed by atoms with van der Waals surface area (Å²) in [6, 6.07) is 2.86. The van der Waals surface area contributed by atoms with E-state index in [4.69, 9.17) is 4.74 Å². The van der Waals surface area contributed by atoms with Gasteiger partial charge in [0, 0.05) is 37.1 Å². The first-order valence-corrected chi connectivity index (χ1v) is 11.8. The number of ether oxygens (including phenoxy) is 1. The number of piperidine rings is 1. The molecule has 2 saturated heterocycles. The van der Waals surface area contributed by atoms with Crippen molar-refractivity contribution in [3.05, 3.63) is 17.0 Å². The van der Waals surface area contributed by atoms with Crippen molar-refractivity contribution in [3.8, 4) is 0 Å². The predicted octanol–water partition coefficient (Wildman–Crippen LogP) is 1.30. The van der Waals surface area contributed by atoms with Gasteiger partial charge in [0.2, 0.25) is 0 Å². The zero-order valence-electron chi connectivity index (χ0n) is 16.0. The molecular formula is C17H26F2N4O4S2. The largest absolute Gasteiger partial charge is 0.379 e. The summed E-state index contributed by atoms with van der Waals surface area (Å²) in [5, 5.41) is 5.58. The molecule has 0 bridgehead atoms. The second-order valence-corrected chi connectivity index (χ2v) is 10.4. The van der Waals surface area contributed by atoms with Crippen molar-refractivity contribution in [2.45, 2.75) is 36.1 Å². The van der Waals surface area contributed by atoms with Crippen LogP contribution in [0.15, 0.2) is 16.3 Å². The molecule has 0 unspecified atom stereocenters. The van der Waals surface area contributed by atoms with E-state index in [0.717, 1.165) is 16.2 Å². The topological polar surface area (TPSA) is 91.0 Å². The highest BCUT2D eigenvalue weighted by Gasteiger charge is 2.28. The van der Waals surface area contributed by atoms with Gasteiger partial charge in [0.15, 0.2) is 0 Å². The van der Waals surface area contributed by atoms with Crippen LogP contribution in [0.5, 0.6) is 0 Å². The molecule has 0 saturated carbocycles. The molecule has 2 amide bonds. The molecule has 2 aliphatic rings. The number of hydrogen-bond donors (Lipinski definition) is 2. The van der Waals surface area contributed by atoms with Gasteiger partial charge >= 0.3 is 6.03 Å². The SMILES string of the molecule is O=C(NCc1ccc(S(=O)(=O)N2CCOCC2)s1)NC1CCN(CC(F)F)CC1. The van der Waals surface area contributed by atoms with Crippen molar-refractivity contribution in [1.82, 2.24) is 19.8 Å². The normalized spacial score (nSPS) is 20.1. The van der Waals surface area contributed by atoms with Crippen molar-refractivity contribution >= 4 is 27.4 Å². The van der Waals surface area contributed by atoms with E-state index < -0.39 is 16.4 Å². The van der Waals surface area contributed by atoms with Crippen molar-refractivity contribution in [2.75, 3.05) is 45.9 Å². The number of likely N-dealkylation sites (tertiary alicyclic amines) is 1. The average molecular weight is 453 g/mol. The lowest BCUT2D eigenvalue weighted by Gasteiger charge is -2.31. The molecule has 12 heteroatoms. The Morgan fingerprint density at radius 1 is 1.21 bits per heavy atom. The van der Waals surface area contributed by atoms with E-state index in [2.05, 4.69) is 10.6 Å². The van der Waals surface area contributed by atoms with Gasteiger partial charge in [0.05, 0.1) is 26.3 Å². The van der Waals surface area contributed by atoms with Gasteiger partial charge in [-0.1, -0.05) is 0 Å². The number of sulfonamides is 1. The fourth-order valence-corrected chi connectivity index (χ4v) is 6.22. The molecule has 2 fully saturated rings. The quantitative estimate of drug-likeness (QED) is 0.651. The third kappa shape index (κ3) is 6.32. The molecule has 0 spiro atoms. The highest BCUT2D eigenvalue weighted by molar-refractivity contribution is 7.91. The molecule has 0 aliphatic carbocycles. The number of carbonyl (C=O) groups excluding carboxylic acids is 1. The highest BCUT2D eigenvalue weighted by atomic mass is 32.2. The van der Waals surface area contributed by atoms with Crippen LogP contribution >= 0.6 is 11.3 Å². The molecule has 2 aliphatic heterocycles. The number of halogens is 2. The summed E-state index contributed by atoms with van der Waals surface area (Å²) in [7, 11) is -3.53. The maximum atomic E-state index is 12.6. The van der Waals surface area contributed by atoms with Gasteiger partial charge in [-0.05, 0) is 25.0 Å². The number of alkyl halides is 2. The predicted molar refractivity (Wildman–Crippen MR) is 105 cm³/mol. The van der Waals surface area contributed by atoms with Crippen LogP contribution in [-0.2, 0) is 21.3 Å². The molecule has 0 aromatic carbocycles. The fourth-order valence-electron chi connectivity index (χ4n) is 3.36. The maximum absolute atomic E-state index is 12.6. The molecule has 2 N–H and O–H groups in total. The monoisotopic (exact) mass is 452 g/mol. The van der Waals surface area contributed by atoms with Gasteiger partial charge in [-0.25, -0.2) is 22.0 Å². The third-order valence-electron chi connectivity index (χ3n) is 4.94. The Morgan fingerprint density at radius 3 is 2.55 bits per heavy atom. The van der Waals surface area contributed by atoms with E-state index in [1.165, 1.54) is 4.31 Å². The summed E-state index contributed by atoms with van der Waals surface area (Å²) < 4.78 is 56.9. The molecule has 3 heterocycles. The first-order valence-electron chi connectivity index (χ1n) is 9.56. The Labute approximate surface area is 173 Å². The van der Waals surface area contributed by atoms with Gasteiger partial charge in [-0.2, -0.15) is 4.31 Å². The smallest absolute Gasteiger partial charge is 0.315 e. The van der Waals surface area contributed by atoms with Crippen LogP contribution in [0, 0.1) is 0 Å². The van der Waals surface area contributed by atoms with Gasteiger partial charge in [0.1, 0.15) is 4.21 Å². The van der Waals surface area contributed by atoms with Crippen LogP contribution in [0.1, 0.15) is 17.7 Å². The van der Waals surface area contributed by atoms with Crippen LogP contribution in [0.25, 0.3) is 0 Å². The van der Waals surface area contributed by atoms with E-state index in [1.807, 2.05) is 0 Å². The van der Waals surface area contributed by atoms with Gasteiger partial charge in [0.25, 0.3) is 16.4 Å². The zero-order valence-corrected chi connectivity index (χ0v) is 17.6. The first kappa shape index (κ1) is 22.3. The van der Waals surface area contributed by atoms with Crippen molar-refractivity contribution in [2.24, 2.45) is 0 Å². The van der Waals surface area contributed by atoms with E-state index in [9.17, 15) is 22.0 Å².